The van der Waals surface area contributed by atoms with Crippen LogP contribution in [0.5, 0.6) is 0 Å². The average molecular weight is 174 g/mol. The molecule has 0 aliphatic rings. The Bertz CT molecular complexity index is 70.2. The second-order valence-corrected chi connectivity index (χ2v) is 2.76. The van der Waals surface area contributed by atoms with Crippen molar-refractivity contribution in [2.45, 2.75) is 59.0 Å². The molecule has 2 heteroatoms. The lowest BCUT2D eigenvalue weighted by Gasteiger charge is -2.21. The fraction of sp³-hybridized carbons (Fsp3) is 1.00. The number of nitrogens with one attached hydrogen (secondary N) is 1. The minimum atomic E-state index is 0.333. The molecule has 0 aromatic carbocycles. The van der Waals surface area contributed by atoms with E-state index < -0.39 is 0 Å². The second kappa shape index (κ2) is 10.9. The zero-order chi connectivity index (χ0) is 9.98. The topological polar surface area (TPSA) is 38.0 Å². The molecule has 0 fully saturated rings. The van der Waals surface area contributed by atoms with E-state index in [4.69, 9.17) is 5.73 Å². The van der Waals surface area contributed by atoms with Crippen molar-refractivity contribution < 1.29 is 0 Å². The highest BCUT2D eigenvalue weighted by Gasteiger charge is 2.11. The van der Waals surface area contributed by atoms with Gasteiger partial charge in [0.05, 0.1) is 0 Å². The van der Waals surface area contributed by atoms with Crippen LogP contribution in [0.25, 0.3) is 0 Å². The predicted molar refractivity (Wildman–Crippen MR) is 57.4 cm³/mol. The lowest BCUT2D eigenvalue weighted by molar-refractivity contribution is 0.423. The third-order valence-electron chi connectivity index (χ3n) is 1.95. The molecule has 0 aliphatic carbocycles. The molecule has 0 aromatic rings. The summed E-state index contributed by atoms with van der Waals surface area (Å²) in [6, 6.07) is 0.833. The monoisotopic (exact) mass is 174 g/mol. The molecular formula is C10H26N2. The Morgan fingerprint density at radius 2 is 1.75 bits per heavy atom. The van der Waals surface area contributed by atoms with Gasteiger partial charge in [-0.3, -0.25) is 0 Å². The molecule has 0 heterocycles. The van der Waals surface area contributed by atoms with Gasteiger partial charge in [0.1, 0.15) is 0 Å². The van der Waals surface area contributed by atoms with E-state index in [9.17, 15) is 0 Å². The van der Waals surface area contributed by atoms with Crippen LogP contribution in [0.1, 0.15) is 47.0 Å². The van der Waals surface area contributed by atoms with Crippen LogP contribution in [0.3, 0.4) is 0 Å². The third-order valence-corrected chi connectivity index (χ3v) is 1.95. The molecule has 0 rings (SSSR count). The third kappa shape index (κ3) is 6.62. The van der Waals surface area contributed by atoms with Crippen LogP contribution < -0.4 is 11.1 Å². The first-order valence-corrected chi connectivity index (χ1v) is 5.19. The van der Waals surface area contributed by atoms with Crippen molar-refractivity contribution in [2.24, 2.45) is 5.73 Å². The highest BCUT2D eigenvalue weighted by Crippen LogP contribution is 2.01. The summed E-state index contributed by atoms with van der Waals surface area (Å²) < 4.78 is 0. The number of likely N-dealkylation sites (N-methyl/N-ethyl adjacent to an activating group) is 1. The first-order valence-electron chi connectivity index (χ1n) is 5.19. The lowest BCUT2D eigenvalue weighted by atomic mass is 10.0. The minimum absolute atomic E-state index is 0.333. The number of nitrogens with two attached hydrogens (primary N) is 1. The summed E-state index contributed by atoms with van der Waals surface area (Å²) >= 11 is 0. The fourth-order valence-electron chi connectivity index (χ4n) is 1.26. The highest BCUT2D eigenvalue weighted by molar-refractivity contribution is 4.75. The molecule has 0 aliphatic heterocycles. The van der Waals surface area contributed by atoms with Gasteiger partial charge in [0, 0.05) is 12.1 Å². The molecule has 2 atom stereocenters. The largest absolute Gasteiger partial charge is 0.326 e. The van der Waals surface area contributed by atoms with Gasteiger partial charge in [-0.15, -0.1) is 0 Å². The lowest BCUT2D eigenvalue weighted by Crippen LogP contribution is -2.42. The quantitative estimate of drug-likeness (QED) is 0.670. The van der Waals surface area contributed by atoms with E-state index in [1.165, 1.54) is 6.42 Å². The summed E-state index contributed by atoms with van der Waals surface area (Å²) in [5.74, 6) is 0. The van der Waals surface area contributed by atoms with E-state index >= 15 is 0 Å². The average Bonchev–Trinajstić information content (AvgIpc) is 2.11. The summed E-state index contributed by atoms with van der Waals surface area (Å²) in [5.41, 5.74) is 5.89. The van der Waals surface area contributed by atoms with Gasteiger partial charge in [0.15, 0.2) is 0 Å². The Morgan fingerprint density at radius 3 is 2.00 bits per heavy atom. The maximum Gasteiger partial charge on any atom is 0.0213 e. The van der Waals surface area contributed by atoms with E-state index in [-0.39, 0.29) is 0 Å². The molecule has 2 nitrogen and oxygen atoms in total. The van der Waals surface area contributed by atoms with Crippen molar-refractivity contribution in [1.82, 2.24) is 5.32 Å². The highest BCUT2D eigenvalue weighted by atomic mass is 14.9. The molecule has 0 amide bonds. The van der Waals surface area contributed by atoms with Crippen LogP contribution in [0.2, 0.25) is 0 Å². The summed E-state index contributed by atoms with van der Waals surface area (Å²) in [7, 11) is 1.98. The van der Waals surface area contributed by atoms with E-state index in [1.54, 1.807) is 0 Å². The van der Waals surface area contributed by atoms with Gasteiger partial charge in [-0.2, -0.15) is 0 Å². The zero-order valence-electron chi connectivity index (χ0n) is 9.35. The molecule has 76 valence electrons. The van der Waals surface area contributed by atoms with Gasteiger partial charge in [0.25, 0.3) is 0 Å². The molecule has 0 spiro atoms. The second-order valence-electron chi connectivity index (χ2n) is 2.76. The summed E-state index contributed by atoms with van der Waals surface area (Å²) in [4.78, 5) is 0. The van der Waals surface area contributed by atoms with E-state index in [0.717, 1.165) is 12.8 Å². The molecule has 0 saturated carbocycles. The zero-order valence-corrected chi connectivity index (χ0v) is 9.35. The van der Waals surface area contributed by atoms with Crippen LogP contribution in [-0.4, -0.2) is 19.1 Å². The first kappa shape index (κ1) is 14.4. The Balaban J connectivity index is 0. The molecule has 0 aromatic heterocycles. The van der Waals surface area contributed by atoms with Crippen LogP contribution in [-0.2, 0) is 0 Å². The van der Waals surface area contributed by atoms with Crippen LogP contribution in [0.15, 0.2) is 0 Å². The Hall–Kier alpha value is -0.0800. The Labute approximate surface area is 77.9 Å². The fourth-order valence-corrected chi connectivity index (χ4v) is 1.26. The van der Waals surface area contributed by atoms with Crippen LogP contribution >= 0.6 is 0 Å². The van der Waals surface area contributed by atoms with Crippen molar-refractivity contribution in [2.75, 3.05) is 7.05 Å². The number of hydrogen-bond donors (Lipinski definition) is 2. The van der Waals surface area contributed by atoms with E-state index in [0.29, 0.717) is 12.1 Å². The summed E-state index contributed by atoms with van der Waals surface area (Å²) in [6.45, 7) is 8.33. The Morgan fingerprint density at radius 1 is 1.25 bits per heavy atom. The maximum absolute atomic E-state index is 5.89. The minimum Gasteiger partial charge on any atom is -0.326 e. The molecule has 0 bridgehead atoms. The molecule has 3 N–H and O–H groups in total. The Kier molecular flexibility index (Phi) is 13.1. The van der Waals surface area contributed by atoms with Gasteiger partial charge in [-0.05, 0) is 19.9 Å². The van der Waals surface area contributed by atoms with Crippen molar-refractivity contribution in [1.29, 1.82) is 0 Å². The van der Waals surface area contributed by atoms with Crippen molar-refractivity contribution >= 4 is 0 Å². The summed E-state index contributed by atoms with van der Waals surface area (Å²) in [5, 5.41) is 3.21. The van der Waals surface area contributed by atoms with Crippen LogP contribution in [0.4, 0.5) is 0 Å². The molecule has 12 heavy (non-hydrogen) atoms. The van der Waals surface area contributed by atoms with Gasteiger partial charge < -0.3 is 11.1 Å². The molecule has 0 radical (unpaired) electrons. The van der Waals surface area contributed by atoms with E-state index in [2.05, 4.69) is 19.2 Å². The van der Waals surface area contributed by atoms with E-state index in [1.807, 2.05) is 20.9 Å². The van der Waals surface area contributed by atoms with Gasteiger partial charge >= 0.3 is 0 Å². The van der Waals surface area contributed by atoms with Crippen molar-refractivity contribution in [3.8, 4) is 0 Å². The van der Waals surface area contributed by atoms with Gasteiger partial charge in [-0.25, -0.2) is 0 Å². The normalized spacial score (nSPS) is 14.5. The van der Waals surface area contributed by atoms with Gasteiger partial charge in [0.2, 0.25) is 0 Å². The van der Waals surface area contributed by atoms with Crippen molar-refractivity contribution in [3.63, 3.8) is 0 Å². The molecular weight excluding hydrogens is 148 g/mol. The molecule has 0 saturated heterocycles. The predicted octanol–water partition coefficient (Wildman–Crippen LogP) is 2.14. The smallest absolute Gasteiger partial charge is 0.0213 e. The maximum atomic E-state index is 5.89. The van der Waals surface area contributed by atoms with Crippen molar-refractivity contribution in [3.05, 3.63) is 0 Å². The number of rotatable bonds is 5. The SMILES string of the molecule is CC.CCCC(N)C(CC)NC. The number of hydrogen-bond acceptors (Lipinski definition) is 2. The molecule has 2 unspecified atom stereocenters. The van der Waals surface area contributed by atoms with Crippen LogP contribution in [0, 0.1) is 0 Å². The standard InChI is InChI=1S/C8H20N2.C2H6/c1-4-6-7(9)8(5-2)10-3;1-2/h7-8,10H,4-6,9H2,1-3H3;1-2H3. The first-order chi connectivity index (χ1) is 5.76. The summed E-state index contributed by atoms with van der Waals surface area (Å²) in [6.07, 6.45) is 3.43. The van der Waals surface area contributed by atoms with Gasteiger partial charge in [-0.1, -0.05) is 34.1 Å².